The molecule has 1 saturated heterocycles. The first-order valence-corrected chi connectivity index (χ1v) is 9.09. The van der Waals surface area contributed by atoms with Crippen LogP contribution in [0.5, 0.6) is 0 Å². The third-order valence-corrected chi connectivity index (χ3v) is 4.71. The van der Waals surface area contributed by atoms with Crippen LogP contribution in [0.3, 0.4) is 0 Å². The molecule has 0 aromatic heterocycles. The summed E-state index contributed by atoms with van der Waals surface area (Å²) in [6.45, 7) is 4.26. The molecule has 0 atom stereocenters. The van der Waals surface area contributed by atoms with E-state index in [-0.39, 0.29) is 11.3 Å². The van der Waals surface area contributed by atoms with E-state index in [0.29, 0.717) is 26.2 Å². The summed E-state index contributed by atoms with van der Waals surface area (Å²) in [7, 11) is 1.26. The molecule has 1 aliphatic rings. The summed E-state index contributed by atoms with van der Waals surface area (Å²) in [4.78, 5) is 40.5. The van der Waals surface area contributed by atoms with Crippen LogP contribution in [0.1, 0.15) is 15.9 Å². The third-order valence-electron chi connectivity index (χ3n) is 4.71. The molecule has 0 bridgehead atoms. The second-order valence-corrected chi connectivity index (χ2v) is 6.61. The molecule has 2 aromatic rings. The topological polar surface area (TPSA) is 78.9 Å². The number of para-hydroxylation sites is 1. The number of ether oxygens (including phenoxy) is 1. The van der Waals surface area contributed by atoms with Crippen molar-refractivity contribution in [2.45, 2.75) is 6.92 Å². The van der Waals surface area contributed by atoms with Crippen molar-refractivity contribution >= 4 is 29.2 Å². The first kappa shape index (κ1) is 19.4. The third kappa shape index (κ3) is 4.31. The van der Waals surface area contributed by atoms with Crippen LogP contribution in [0.2, 0.25) is 0 Å². The molecular weight excluding hydrogens is 358 g/mol. The van der Waals surface area contributed by atoms with Gasteiger partial charge in [-0.15, -0.1) is 0 Å². The molecule has 1 heterocycles. The number of carbonyl (C=O) groups is 3. The van der Waals surface area contributed by atoms with Gasteiger partial charge in [0.2, 0.25) is 0 Å². The highest BCUT2D eigenvalue weighted by Crippen LogP contribution is 2.19. The van der Waals surface area contributed by atoms with E-state index < -0.39 is 17.8 Å². The summed E-state index contributed by atoms with van der Waals surface area (Å²) in [5.41, 5.74) is 2.75. The Labute approximate surface area is 163 Å². The van der Waals surface area contributed by atoms with Gasteiger partial charge in [-0.3, -0.25) is 9.59 Å². The van der Waals surface area contributed by atoms with Gasteiger partial charge in [0.05, 0.1) is 18.4 Å². The second-order valence-electron chi connectivity index (χ2n) is 6.61. The van der Waals surface area contributed by atoms with E-state index in [0.717, 1.165) is 5.69 Å². The van der Waals surface area contributed by atoms with Crippen LogP contribution in [0, 0.1) is 6.92 Å². The van der Waals surface area contributed by atoms with Crippen molar-refractivity contribution in [1.82, 2.24) is 4.90 Å². The van der Waals surface area contributed by atoms with Gasteiger partial charge in [0.15, 0.2) is 0 Å². The molecule has 0 unspecified atom stereocenters. The number of hydrogen-bond donors (Lipinski definition) is 1. The van der Waals surface area contributed by atoms with Crippen molar-refractivity contribution in [2.75, 3.05) is 43.5 Å². The van der Waals surface area contributed by atoms with Gasteiger partial charge in [0.1, 0.15) is 0 Å². The lowest BCUT2D eigenvalue weighted by atomic mass is 10.1. The Morgan fingerprint density at radius 2 is 1.68 bits per heavy atom. The zero-order chi connectivity index (χ0) is 20.1. The van der Waals surface area contributed by atoms with Gasteiger partial charge in [-0.1, -0.05) is 24.3 Å². The summed E-state index contributed by atoms with van der Waals surface area (Å²) in [6.07, 6.45) is 0. The van der Waals surface area contributed by atoms with Crippen molar-refractivity contribution in [1.29, 1.82) is 0 Å². The standard InChI is InChI=1S/C21H23N3O4/c1-15-6-5-7-16(14-15)23-10-12-24(13-11-23)20(26)19(25)22-18-9-4-3-8-17(18)21(27)28-2/h3-9,14H,10-13H2,1-2H3,(H,22,25). The van der Waals surface area contributed by atoms with Crippen LogP contribution in [-0.2, 0) is 14.3 Å². The molecule has 1 aliphatic heterocycles. The number of rotatable bonds is 3. The van der Waals surface area contributed by atoms with Gasteiger partial charge in [0.25, 0.3) is 0 Å². The van der Waals surface area contributed by atoms with Crippen molar-refractivity contribution in [3.8, 4) is 0 Å². The number of aryl methyl sites for hydroxylation is 1. The molecule has 2 aromatic carbocycles. The minimum absolute atomic E-state index is 0.204. The fourth-order valence-corrected chi connectivity index (χ4v) is 3.19. The Morgan fingerprint density at radius 3 is 2.36 bits per heavy atom. The lowest BCUT2D eigenvalue weighted by Gasteiger charge is -2.35. The van der Waals surface area contributed by atoms with Crippen LogP contribution in [0.15, 0.2) is 48.5 Å². The maximum Gasteiger partial charge on any atom is 0.339 e. The number of nitrogens with one attached hydrogen (secondary N) is 1. The molecule has 1 fully saturated rings. The second kappa shape index (κ2) is 8.56. The predicted octanol–water partition coefficient (Wildman–Crippen LogP) is 2.07. The Hall–Kier alpha value is -3.35. The van der Waals surface area contributed by atoms with Crippen LogP contribution < -0.4 is 10.2 Å². The van der Waals surface area contributed by atoms with Crippen molar-refractivity contribution in [3.63, 3.8) is 0 Å². The molecule has 146 valence electrons. The van der Waals surface area contributed by atoms with E-state index in [2.05, 4.69) is 16.3 Å². The highest BCUT2D eigenvalue weighted by Gasteiger charge is 2.27. The molecule has 1 N–H and O–H groups in total. The van der Waals surface area contributed by atoms with Crippen molar-refractivity contribution < 1.29 is 19.1 Å². The Bertz CT molecular complexity index is 889. The van der Waals surface area contributed by atoms with E-state index in [4.69, 9.17) is 4.74 Å². The number of carbonyl (C=O) groups excluding carboxylic acids is 3. The molecule has 0 saturated carbocycles. The van der Waals surface area contributed by atoms with Crippen LogP contribution >= 0.6 is 0 Å². The number of methoxy groups -OCH3 is 1. The maximum absolute atomic E-state index is 12.5. The smallest absolute Gasteiger partial charge is 0.339 e. The molecular formula is C21H23N3O4. The Morgan fingerprint density at radius 1 is 0.964 bits per heavy atom. The highest BCUT2D eigenvalue weighted by molar-refractivity contribution is 6.39. The fraction of sp³-hybridized carbons (Fsp3) is 0.286. The minimum atomic E-state index is -0.764. The zero-order valence-corrected chi connectivity index (χ0v) is 16.0. The predicted molar refractivity (Wildman–Crippen MR) is 106 cm³/mol. The average molecular weight is 381 g/mol. The molecule has 2 amide bonds. The van der Waals surface area contributed by atoms with Gasteiger partial charge < -0.3 is 19.9 Å². The lowest BCUT2D eigenvalue weighted by molar-refractivity contribution is -0.143. The van der Waals surface area contributed by atoms with Crippen LogP contribution in [-0.4, -0.2) is 56.0 Å². The zero-order valence-electron chi connectivity index (χ0n) is 16.0. The van der Waals surface area contributed by atoms with Gasteiger partial charge in [-0.2, -0.15) is 0 Å². The van der Waals surface area contributed by atoms with Gasteiger partial charge >= 0.3 is 17.8 Å². The van der Waals surface area contributed by atoms with Gasteiger partial charge in [-0.25, -0.2) is 4.79 Å². The molecule has 7 nitrogen and oxygen atoms in total. The molecule has 3 rings (SSSR count). The summed E-state index contributed by atoms with van der Waals surface area (Å²) in [6, 6.07) is 14.6. The largest absolute Gasteiger partial charge is 0.465 e. The normalized spacial score (nSPS) is 13.8. The van der Waals surface area contributed by atoms with Crippen LogP contribution in [0.25, 0.3) is 0 Å². The monoisotopic (exact) mass is 381 g/mol. The molecule has 0 aliphatic carbocycles. The number of benzene rings is 2. The summed E-state index contributed by atoms with van der Waals surface area (Å²) in [5.74, 6) is -1.95. The Balaban J connectivity index is 1.61. The summed E-state index contributed by atoms with van der Waals surface area (Å²) >= 11 is 0. The molecule has 0 radical (unpaired) electrons. The van der Waals surface area contributed by atoms with Crippen LogP contribution in [0.4, 0.5) is 11.4 Å². The van der Waals surface area contributed by atoms with Gasteiger partial charge in [0, 0.05) is 31.9 Å². The first-order chi connectivity index (χ1) is 13.5. The molecule has 28 heavy (non-hydrogen) atoms. The average Bonchev–Trinajstić information content (AvgIpc) is 2.73. The maximum atomic E-state index is 12.5. The SMILES string of the molecule is COC(=O)c1ccccc1NC(=O)C(=O)N1CCN(c2cccc(C)c2)CC1. The number of nitrogens with zero attached hydrogens (tertiary/aromatic N) is 2. The highest BCUT2D eigenvalue weighted by atomic mass is 16.5. The number of amides is 2. The fourth-order valence-electron chi connectivity index (χ4n) is 3.19. The molecule has 7 heteroatoms. The van der Waals surface area contributed by atoms with E-state index in [1.165, 1.54) is 23.6 Å². The number of esters is 1. The van der Waals surface area contributed by atoms with Crippen molar-refractivity contribution in [2.24, 2.45) is 0 Å². The minimum Gasteiger partial charge on any atom is -0.465 e. The molecule has 0 spiro atoms. The summed E-state index contributed by atoms with van der Waals surface area (Å²) in [5, 5.41) is 2.53. The lowest BCUT2D eigenvalue weighted by Crippen LogP contribution is -2.51. The number of hydrogen-bond acceptors (Lipinski definition) is 5. The van der Waals surface area contributed by atoms with E-state index in [1.807, 2.05) is 25.1 Å². The van der Waals surface area contributed by atoms with Gasteiger partial charge in [-0.05, 0) is 36.8 Å². The Kier molecular flexibility index (Phi) is 5.93. The van der Waals surface area contributed by atoms with Crippen molar-refractivity contribution in [3.05, 3.63) is 59.7 Å². The summed E-state index contributed by atoms with van der Waals surface area (Å²) < 4.78 is 4.71. The van der Waals surface area contributed by atoms with E-state index in [9.17, 15) is 14.4 Å². The quantitative estimate of drug-likeness (QED) is 0.650. The number of piperazine rings is 1. The van der Waals surface area contributed by atoms with E-state index >= 15 is 0 Å². The van der Waals surface area contributed by atoms with E-state index in [1.54, 1.807) is 18.2 Å². The first-order valence-electron chi connectivity index (χ1n) is 9.09. The number of anilines is 2.